The van der Waals surface area contributed by atoms with Gasteiger partial charge in [0, 0.05) is 22.6 Å². The number of nitro groups is 1. The number of aryl methyl sites for hydroxylation is 1. The molecule has 6 nitrogen and oxygen atoms in total. The van der Waals surface area contributed by atoms with E-state index in [2.05, 4.69) is 11.1 Å². The molecule has 0 saturated carbocycles. The van der Waals surface area contributed by atoms with Gasteiger partial charge in [0.15, 0.2) is 0 Å². The van der Waals surface area contributed by atoms with Crippen LogP contribution in [0, 0.1) is 21.4 Å². The number of nitriles is 1. The first-order valence-corrected chi connectivity index (χ1v) is 9.40. The van der Waals surface area contributed by atoms with E-state index >= 15 is 0 Å². The molecule has 0 N–H and O–H groups in total. The first kappa shape index (κ1) is 17.2. The molecule has 4 rings (SSSR count). The van der Waals surface area contributed by atoms with E-state index in [0.717, 1.165) is 41.8 Å². The summed E-state index contributed by atoms with van der Waals surface area (Å²) in [6.45, 7) is 0. The number of hydrogen-bond acceptors (Lipinski definition) is 6. The summed E-state index contributed by atoms with van der Waals surface area (Å²) in [7, 11) is 0. The number of nitro benzene ring substituents is 1. The fourth-order valence-electron chi connectivity index (χ4n) is 3.20. The van der Waals surface area contributed by atoms with Crippen LogP contribution in [0.1, 0.15) is 34.6 Å². The predicted octanol–water partition coefficient (Wildman–Crippen LogP) is 5.42. The third kappa shape index (κ3) is 3.39. The second-order valence-corrected chi connectivity index (χ2v) is 7.35. The second-order valence-electron chi connectivity index (χ2n) is 6.27. The van der Waals surface area contributed by atoms with Gasteiger partial charge in [0.25, 0.3) is 5.69 Å². The number of fused-ring (bicyclic) bond motifs is 1. The molecule has 2 heterocycles. The molecule has 0 aliphatic heterocycles. The van der Waals surface area contributed by atoms with E-state index < -0.39 is 4.92 Å². The van der Waals surface area contributed by atoms with Gasteiger partial charge in [-0.2, -0.15) is 5.26 Å². The van der Waals surface area contributed by atoms with E-state index in [4.69, 9.17) is 4.42 Å². The Morgan fingerprint density at radius 3 is 2.70 bits per heavy atom. The van der Waals surface area contributed by atoms with Gasteiger partial charge in [-0.1, -0.05) is 0 Å². The maximum absolute atomic E-state index is 10.7. The van der Waals surface area contributed by atoms with Gasteiger partial charge in [0.05, 0.1) is 16.7 Å². The average Bonchev–Trinajstić information content (AvgIpc) is 3.30. The van der Waals surface area contributed by atoms with Crippen molar-refractivity contribution in [3.8, 4) is 17.4 Å². The minimum atomic E-state index is -0.433. The molecule has 0 amide bonds. The van der Waals surface area contributed by atoms with E-state index in [1.54, 1.807) is 41.8 Å². The van der Waals surface area contributed by atoms with Crippen molar-refractivity contribution in [3.63, 3.8) is 0 Å². The summed E-state index contributed by atoms with van der Waals surface area (Å²) in [6, 6.07) is 12.1. The van der Waals surface area contributed by atoms with Crippen LogP contribution in [-0.2, 0) is 12.8 Å². The van der Waals surface area contributed by atoms with Crippen molar-refractivity contribution < 1.29 is 9.34 Å². The largest absolute Gasteiger partial charge is 0.455 e. The van der Waals surface area contributed by atoms with Gasteiger partial charge in [-0.15, -0.1) is 11.3 Å². The van der Waals surface area contributed by atoms with Crippen LogP contribution in [0.3, 0.4) is 0 Å². The Bertz CT molecular complexity index is 1070. The maximum Gasteiger partial charge on any atom is 0.269 e. The third-order valence-corrected chi connectivity index (χ3v) is 5.76. The fraction of sp³-hybridized carbons (Fsp3) is 0.200. The van der Waals surface area contributed by atoms with Gasteiger partial charge in [0.2, 0.25) is 0 Å². The van der Waals surface area contributed by atoms with E-state index in [0.29, 0.717) is 17.1 Å². The second kappa shape index (κ2) is 7.17. The van der Waals surface area contributed by atoms with Crippen molar-refractivity contribution in [2.75, 3.05) is 0 Å². The Balaban J connectivity index is 1.57. The molecule has 134 valence electrons. The van der Waals surface area contributed by atoms with Crippen molar-refractivity contribution in [1.82, 2.24) is 0 Å². The van der Waals surface area contributed by atoms with Crippen molar-refractivity contribution in [3.05, 3.63) is 68.3 Å². The molecular formula is C20H15N3O3S. The number of non-ortho nitro benzene ring substituents is 1. The van der Waals surface area contributed by atoms with Crippen LogP contribution in [-0.4, -0.2) is 11.1 Å². The highest BCUT2D eigenvalue weighted by molar-refractivity contribution is 7.16. The number of aliphatic imine (C=N–C) groups is 1. The normalized spacial score (nSPS) is 13.4. The van der Waals surface area contributed by atoms with Gasteiger partial charge < -0.3 is 4.42 Å². The smallest absolute Gasteiger partial charge is 0.269 e. The minimum Gasteiger partial charge on any atom is -0.455 e. The quantitative estimate of drug-likeness (QED) is 0.345. The molecule has 0 fully saturated rings. The molecule has 1 aliphatic rings. The topological polar surface area (TPSA) is 92.4 Å². The lowest BCUT2D eigenvalue weighted by molar-refractivity contribution is -0.384. The molecule has 0 bridgehead atoms. The standard InChI is InChI=1S/C20H15N3O3S/c21-11-17-16-3-1-2-4-19(16)27-20(17)22-12-15-9-10-18(26-15)13-5-7-14(8-6-13)23(24)25/h5-10,12H,1-4H2/b22-12+. The van der Waals surface area contributed by atoms with Crippen molar-refractivity contribution >= 4 is 28.2 Å². The van der Waals surface area contributed by atoms with Gasteiger partial charge in [-0.05, 0) is 55.5 Å². The summed E-state index contributed by atoms with van der Waals surface area (Å²) in [6.07, 6.45) is 5.88. The van der Waals surface area contributed by atoms with Gasteiger partial charge >= 0.3 is 0 Å². The molecule has 3 aromatic rings. The number of furan rings is 1. The maximum atomic E-state index is 10.7. The average molecular weight is 377 g/mol. The van der Waals surface area contributed by atoms with Crippen LogP contribution in [0.25, 0.3) is 11.3 Å². The number of thiophene rings is 1. The molecular weight excluding hydrogens is 362 g/mol. The summed E-state index contributed by atoms with van der Waals surface area (Å²) >= 11 is 1.59. The van der Waals surface area contributed by atoms with Crippen LogP contribution in [0.2, 0.25) is 0 Å². The van der Waals surface area contributed by atoms with Crippen molar-refractivity contribution in [2.45, 2.75) is 25.7 Å². The lowest BCUT2D eigenvalue weighted by atomic mass is 9.96. The number of hydrogen-bond donors (Lipinski definition) is 0. The molecule has 0 atom stereocenters. The Kier molecular flexibility index (Phi) is 4.57. The minimum absolute atomic E-state index is 0.0396. The molecule has 0 spiro atoms. The highest BCUT2D eigenvalue weighted by Crippen LogP contribution is 2.39. The lowest BCUT2D eigenvalue weighted by Gasteiger charge is -2.09. The van der Waals surface area contributed by atoms with Crippen molar-refractivity contribution in [1.29, 1.82) is 5.26 Å². The zero-order valence-corrected chi connectivity index (χ0v) is 15.2. The van der Waals surface area contributed by atoms with E-state index in [-0.39, 0.29) is 5.69 Å². The highest BCUT2D eigenvalue weighted by Gasteiger charge is 2.20. The van der Waals surface area contributed by atoms with E-state index in [1.165, 1.54) is 17.0 Å². The summed E-state index contributed by atoms with van der Waals surface area (Å²) in [5, 5.41) is 21.0. The first-order valence-electron chi connectivity index (χ1n) is 8.59. The molecule has 1 aliphatic carbocycles. The van der Waals surface area contributed by atoms with Gasteiger partial charge in [-0.3, -0.25) is 10.1 Å². The van der Waals surface area contributed by atoms with Crippen LogP contribution >= 0.6 is 11.3 Å². The summed E-state index contributed by atoms with van der Waals surface area (Å²) in [4.78, 5) is 16.1. The van der Waals surface area contributed by atoms with Crippen LogP contribution < -0.4 is 0 Å². The Labute approximate surface area is 159 Å². The monoisotopic (exact) mass is 377 g/mol. The zero-order chi connectivity index (χ0) is 18.8. The van der Waals surface area contributed by atoms with Gasteiger partial charge in [-0.25, -0.2) is 4.99 Å². The third-order valence-electron chi connectivity index (χ3n) is 4.56. The highest BCUT2D eigenvalue weighted by atomic mass is 32.1. The molecule has 0 saturated heterocycles. The Morgan fingerprint density at radius 2 is 1.96 bits per heavy atom. The first-order chi connectivity index (χ1) is 13.2. The number of rotatable bonds is 4. The van der Waals surface area contributed by atoms with Crippen LogP contribution in [0.5, 0.6) is 0 Å². The van der Waals surface area contributed by atoms with E-state index in [9.17, 15) is 15.4 Å². The predicted molar refractivity (Wildman–Crippen MR) is 104 cm³/mol. The summed E-state index contributed by atoms with van der Waals surface area (Å²) in [5.41, 5.74) is 2.64. The number of benzene rings is 1. The van der Waals surface area contributed by atoms with Gasteiger partial charge in [0.1, 0.15) is 22.6 Å². The molecule has 0 unspecified atom stereocenters. The van der Waals surface area contributed by atoms with Crippen molar-refractivity contribution in [2.24, 2.45) is 4.99 Å². The fourth-order valence-corrected chi connectivity index (χ4v) is 4.39. The summed E-state index contributed by atoms with van der Waals surface area (Å²) in [5.74, 6) is 1.18. The molecule has 1 aromatic carbocycles. The lowest BCUT2D eigenvalue weighted by Crippen LogP contribution is -1.99. The Morgan fingerprint density at radius 1 is 1.19 bits per heavy atom. The molecule has 2 aromatic heterocycles. The number of nitrogens with zero attached hydrogens (tertiary/aromatic N) is 3. The molecule has 27 heavy (non-hydrogen) atoms. The Hall–Kier alpha value is -3.24. The van der Waals surface area contributed by atoms with Crippen LogP contribution in [0.15, 0.2) is 45.8 Å². The zero-order valence-electron chi connectivity index (χ0n) is 14.3. The molecule has 7 heteroatoms. The summed E-state index contributed by atoms with van der Waals surface area (Å²) < 4.78 is 5.77. The SMILES string of the molecule is N#Cc1c(/N=C/c2ccc(-c3ccc([N+](=O)[O-])cc3)o2)sc2c1CCCC2. The van der Waals surface area contributed by atoms with E-state index in [1.807, 2.05) is 0 Å². The molecule has 0 radical (unpaired) electrons. The van der Waals surface area contributed by atoms with Crippen LogP contribution in [0.4, 0.5) is 10.7 Å².